The summed E-state index contributed by atoms with van der Waals surface area (Å²) in [6.07, 6.45) is 4.25. The fourth-order valence-electron chi connectivity index (χ4n) is 1.47. The van der Waals surface area contributed by atoms with Crippen molar-refractivity contribution in [3.63, 3.8) is 0 Å². The summed E-state index contributed by atoms with van der Waals surface area (Å²) < 4.78 is 26.1. The van der Waals surface area contributed by atoms with Gasteiger partial charge >= 0.3 is 0 Å². The van der Waals surface area contributed by atoms with E-state index in [2.05, 4.69) is 10.2 Å². The first kappa shape index (κ1) is 15.8. The van der Waals surface area contributed by atoms with Crippen LogP contribution in [0.5, 0.6) is 0 Å². The molecule has 0 amide bonds. The van der Waals surface area contributed by atoms with Gasteiger partial charge < -0.3 is 0 Å². The van der Waals surface area contributed by atoms with Crippen molar-refractivity contribution in [1.82, 2.24) is 14.5 Å². The van der Waals surface area contributed by atoms with E-state index < -0.39 is 10.0 Å². The van der Waals surface area contributed by atoms with E-state index in [0.717, 1.165) is 12.2 Å². The molecule has 0 fully saturated rings. The predicted molar refractivity (Wildman–Crippen MR) is 75.6 cm³/mol. The molecule has 0 bridgehead atoms. The highest BCUT2D eigenvalue weighted by Crippen LogP contribution is 2.21. The molecule has 1 atom stereocenters. The molecule has 0 aliphatic carbocycles. The first-order chi connectivity index (χ1) is 8.45. The van der Waals surface area contributed by atoms with E-state index in [0.29, 0.717) is 5.56 Å². The van der Waals surface area contributed by atoms with Crippen molar-refractivity contribution in [3.8, 4) is 0 Å². The van der Waals surface area contributed by atoms with Crippen molar-refractivity contribution < 1.29 is 8.42 Å². The minimum absolute atomic E-state index is 0.0612. The lowest BCUT2D eigenvalue weighted by Crippen LogP contribution is -2.36. The number of alkyl halides is 1. The average molecular weight is 312 g/mol. The molecule has 0 spiro atoms. The number of rotatable bonds is 7. The van der Waals surface area contributed by atoms with Gasteiger partial charge in [0.25, 0.3) is 10.0 Å². The third-order valence-electron chi connectivity index (χ3n) is 2.82. The Morgan fingerprint density at radius 2 is 2.28 bits per heavy atom. The van der Waals surface area contributed by atoms with Crippen molar-refractivity contribution in [2.75, 3.05) is 19.1 Å². The molecule has 5 nitrogen and oxygen atoms in total. The number of aromatic amines is 1. The second-order valence-electron chi connectivity index (χ2n) is 4.01. The van der Waals surface area contributed by atoms with Crippen LogP contribution >= 0.6 is 23.4 Å². The number of aromatic nitrogens is 2. The molecule has 0 saturated heterocycles. The fraction of sp³-hybridized carbons (Fsp3) is 0.700. The molecular formula is C10H18ClN3O2S2. The number of sulfonamides is 1. The van der Waals surface area contributed by atoms with E-state index in [1.807, 2.05) is 13.2 Å². The summed E-state index contributed by atoms with van der Waals surface area (Å²) in [5.74, 6) is 1.05. The van der Waals surface area contributed by atoms with Gasteiger partial charge in [-0.15, -0.1) is 11.6 Å². The molecule has 0 saturated carbocycles. The molecule has 1 N–H and O–H groups in total. The molecule has 0 aliphatic heterocycles. The first-order valence-corrected chi connectivity index (χ1v) is 8.87. The van der Waals surface area contributed by atoms with Crippen LogP contribution in [-0.2, 0) is 15.9 Å². The number of thioether (sulfide) groups is 1. The van der Waals surface area contributed by atoms with Gasteiger partial charge in [0.1, 0.15) is 0 Å². The lowest BCUT2D eigenvalue weighted by molar-refractivity contribution is 0.380. The molecule has 104 valence electrons. The van der Waals surface area contributed by atoms with E-state index in [1.54, 1.807) is 18.8 Å². The zero-order valence-electron chi connectivity index (χ0n) is 10.7. The van der Waals surface area contributed by atoms with E-state index >= 15 is 0 Å². The van der Waals surface area contributed by atoms with Crippen molar-refractivity contribution in [2.45, 2.75) is 30.3 Å². The topological polar surface area (TPSA) is 66.1 Å². The van der Waals surface area contributed by atoms with Crippen LogP contribution in [0.25, 0.3) is 0 Å². The summed E-state index contributed by atoms with van der Waals surface area (Å²) in [5, 5.41) is 6.36. The van der Waals surface area contributed by atoms with Crippen molar-refractivity contribution in [1.29, 1.82) is 0 Å². The molecule has 1 aromatic rings. The van der Waals surface area contributed by atoms with Crippen LogP contribution in [0.3, 0.4) is 0 Å². The van der Waals surface area contributed by atoms with Crippen LogP contribution in [0.4, 0.5) is 0 Å². The lowest BCUT2D eigenvalue weighted by Gasteiger charge is -2.23. The SMILES string of the molecule is CSCCC(C)N(C)S(=O)(=O)c1[nH]ncc1CCl. The second-order valence-corrected chi connectivity index (χ2v) is 7.20. The van der Waals surface area contributed by atoms with Gasteiger partial charge in [-0.05, 0) is 25.4 Å². The maximum absolute atomic E-state index is 12.4. The minimum atomic E-state index is -3.55. The largest absolute Gasteiger partial charge is 0.266 e. The number of hydrogen-bond donors (Lipinski definition) is 1. The molecule has 1 aromatic heterocycles. The average Bonchev–Trinajstić information content (AvgIpc) is 2.83. The van der Waals surface area contributed by atoms with Crippen LogP contribution in [0.2, 0.25) is 0 Å². The summed E-state index contributed by atoms with van der Waals surface area (Å²) in [4.78, 5) is 0. The van der Waals surface area contributed by atoms with Gasteiger partial charge in [-0.3, -0.25) is 5.10 Å². The number of hydrogen-bond acceptors (Lipinski definition) is 4. The zero-order valence-corrected chi connectivity index (χ0v) is 13.1. The molecular weight excluding hydrogens is 294 g/mol. The Balaban J connectivity index is 2.92. The third-order valence-corrected chi connectivity index (χ3v) is 5.74. The Bertz CT molecular complexity index is 475. The van der Waals surface area contributed by atoms with Gasteiger partial charge in [0, 0.05) is 18.7 Å². The standard InChI is InChI=1S/C10H18ClN3O2S2/c1-8(4-5-17-3)14(2)18(15,16)10-9(6-11)7-12-13-10/h7-8H,4-6H2,1-3H3,(H,12,13). The summed E-state index contributed by atoms with van der Waals surface area (Å²) >= 11 is 7.40. The maximum Gasteiger partial charge on any atom is 0.260 e. The Labute approximate surface area is 117 Å². The first-order valence-electron chi connectivity index (χ1n) is 5.50. The van der Waals surface area contributed by atoms with Crippen LogP contribution < -0.4 is 0 Å². The van der Waals surface area contributed by atoms with Gasteiger partial charge in [0.2, 0.25) is 0 Å². The Hall–Kier alpha value is -0.240. The monoisotopic (exact) mass is 311 g/mol. The molecule has 0 radical (unpaired) electrons. The smallest absolute Gasteiger partial charge is 0.260 e. The van der Waals surface area contributed by atoms with E-state index in [4.69, 9.17) is 11.6 Å². The van der Waals surface area contributed by atoms with Crippen LogP contribution in [-0.4, -0.2) is 48.0 Å². The summed E-state index contributed by atoms with van der Waals surface area (Å²) in [5.41, 5.74) is 0.501. The Kier molecular flexibility index (Phi) is 5.97. The molecule has 0 aliphatic rings. The summed E-state index contributed by atoms with van der Waals surface area (Å²) in [7, 11) is -1.96. The fourth-order valence-corrected chi connectivity index (χ4v) is 3.82. The van der Waals surface area contributed by atoms with Crippen LogP contribution in [0.15, 0.2) is 11.2 Å². The number of nitrogens with zero attached hydrogens (tertiary/aromatic N) is 2. The lowest BCUT2D eigenvalue weighted by atomic mass is 10.3. The van der Waals surface area contributed by atoms with Gasteiger partial charge in [0.15, 0.2) is 5.03 Å². The highest BCUT2D eigenvalue weighted by atomic mass is 35.5. The molecule has 1 heterocycles. The van der Waals surface area contributed by atoms with Gasteiger partial charge in [-0.2, -0.15) is 21.2 Å². The second kappa shape index (κ2) is 6.79. The van der Waals surface area contributed by atoms with Crippen molar-refractivity contribution >= 4 is 33.4 Å². The molecule has 18 heavy (non-hydrogen) atoms. The summed E-state index contributed by atoms with van der Waals surface area (Å²) in [6.45, 7) is 1.89. The molecule has 1 rings (SSSR count). The predicted octanol–water partition coefficient (Wildman–Crippen LogP) is 1.91. The molecule has 1 unspecified atom stereocenters. The maximum atomic E-state index is 12.4. The number of nitrogens with one attached hydrogen (secondary N) is 1. The highest BCUT2D eigenvalue weighted by Gasteiger charge is 2.28. The quantitative estimate of drug-likeness (QED) is 0.781. The zero-order chi connectivity index (χ0) is 13.8. The van der Waals surface area contributed by atoms with Crippen LogP contribution in [0.1, 0.15) is 18.9 Å². The minimum Gasteiger partial charge on any atom is -0.266 e. The van der Waals surface area contributed by atoms with E-state index in [9.17, 15) is 8.42 Å². The molecule has 0 aromatic carbocycles. The number of halogens is 1. The Morgan fingerprint density at radius 3 is 2.83 bits per heavy atom. The van der Waals surface area contributed by atoms with E-state index in [-0.39, 0.29) is 16.9 Å². The van der Waals surface area contributed by atoms with Crippen molar-refractivity contribution in [2.24, 2.45) is 0 Å². The van der Waals surface area contributed by atoms with E-state index in [1.165, 1.54) is 10.5 Å². The van der Waals surface area contributed by atoms with Crippen LogP contribution in [0, 0.1) is 0 Å². The Morgan fingerprint density at radius 1 is 1.61 bits per heavy atom. The van der Waals surface area contributed by atoms with Crippen molar-refractivity contribution in [3.05, 3.63) is 11.8 Å². The molecule has 8 heteroatoms. The van der Waals surface area contributed by atoms with Gasteiger partial charge in [0.05, 0.1) is 12.1 Å². The van der Waals surface area contributed by atoms with Gasteiger partial charge in [-0.1, -0.05) is 0 Å². The number of H-pyrrole nitrogens is 1. The van der Waals surface area contributed by atoms with Gasteiger partial charge in [-0.25, -0.2) is 8.42 Å². The third kappa shape index (κ3) is 3.40. The summed E-state index contributed by atoms with van der Waals surface area (Å²) in [6, 6.07) is -0.0612. The normalized spacial score (nSPS) is 14.1. The highest BCUT2D eigenvalue weighted by molar-refractivity contribution is 7.98.